The molecule has 6 aromatic rings. The van der Waals surface area contributed by atoms with Crippen molar-refractivity contribution in [2.45, 2.75) is 73.1 Å². The van der Waals surface area contributed by atoms with Crippen molar-refractivity contribution in [2.75, 3.05) is 37.8 Å². The lowest BCUT2D eigenvalue weighted by Gasteiger charge is -2.17. The molecule has 0 bridgehead atoms. The fraction of sp³-hybridized carbons (Fsp3) is 0.306. The highest BCUT2D eigenvalue weighted by molar-refractivity contribution is 5.94. The number of hydrogen-bond acceptors (Lipinski definition) is 10. The monoisotopic (exact) mass is 856 g/mol. The number of rotatable bonds is 8. The number of nitrogens with one attached hydrogen (secondary N) is 2. The predicted molar refractivity (Wildman–Crippen MR) is 256 cm³/mol. The van der Waals surface area contributed by atoms with Crippen LogP contribution in [0.4, 0.5) is 11.6 Å². The van der Waals surface area contributed by atoms with Crippen LogP contribution in [0.1, 0.15) is 80.0 Å². The number of carbonyl (C=O) groups is 2. The molecular formula is C49H57ClN8O4. The maximum absolute atomic E-state index is 12.6. The second-order valence-electron chi connectivity index (χ2n) is 16.6. The third-order valence-electron chi connectivity index (χ3n) is 10.6. The highest BCUT2D eigenvalue weighted by atomic mass is 35.5. The Labute approximate surface area is 370 Å². The number of para-hydroxylation sites is 2. The summed E-state index contributed by atoms with van der Waals surface area (Å²) >= 11 is 0. The van der Waals surface area contributed by atoms with Gasteiger partial charge in [0, 0.05) is 97.2 Å². The fourth-order valence-corrected chi connectivity index (χ4v) is 6.78. The van der Waals surface area contributed by atoms with E-state index >= 15 is 0 Å². The summed E-state index contributed by atoms with van der Waals surface area (Å²) < 4.78 is 11.8. The van der Waals surface area contributed by atoms with Crippen molar-refractivity contribution in [3.05, 3.63) is 130 Å². The van der Waals surface area contributed by atoms with Gasteiger partial charge in [0.2, 0.25) is 11.8 Å². The average molecular weight is 858 g/mol. The maximum Gasteiger partial charge on any atom is 0.246 e. The van der Waals surface area contributed by atoms with E-state index in [1.165, 1.54) is 0 Å². The summed E-state index contributed by atoms with van der Waals surface area (Å²) in [4.78, 5) is 46.7. The first-order valence-electron chi connectivity index (χ1n) is 20.0. The van der Waals surface area contributed by atoms with Crippen LogP contribution in [0.15, 0.2) is 104 Å². The summed E-state index contributed by atoms with van der Waals surface area (Å²) in [6.45, 7) is 14.6. The number of amides is 2. The van der Waals surface area contributed by atoms with Crippen molar-refractivity contribution < 1.29 is 18.4 Å². The molecule has 0 fully saturated rings. The van der Waals surface area contributed by atoms with Gasteiger partial charge >= 0.3 is 0 Å². The van der Waals surface area contributed by atoms with Crippen LogP contribution in [0.25, 0.3) is 34.1 Å². The van der Waals surface area contributed by atoms with Gasteiger partial charge in [-0.05, 0) is 89.1 Å². The number of benzene rings is 2. The number of aromatic nitrogens is 2. The first kappa shape index (κ1) is 46.5. The first-order valence-corrected chi connectivity index (χ1v) is 20.0. The van der Waals surface area contributed by atoms with Gasteiger partial charge in [0.05, 0.1) is 24.2 Å². The number of pyridine rings is 2. The molecule has 2 amide bonds. The zero-order valence-corrected chi connectivity index (χ0v) is 36.8. The van der Waals surface area contributed by atoms with Crippen LogP contribution >= 0.6 is 12.4 Å². The van der Waals surface area contributed by atoms with Crippen LogP contribution in [0, 0.1) is 13.8 Å². The minimum absolute atomic E-state index is 0. The molecule has 12 nitrogen and oxygen atoms in total. The van der Waals surface area contributed by atoms with Crippen LogP contribution in [-0.4, -0.2) is 82.3 Å². The van der Waals surface area contributed by atoms with E-state index < -0.39 is 0 Å². The summed E-state index contributed by atoms with van der Waals surface area (Å²) in [5.41, 5.74) is 7.01. The Morgan fingerprint density at radius 1 is 0.677 bits per heavy atom. The van der Waals surface area contributed by atoms with Gasteiger partial charge < -0.3 is 29.3 Å². The number of aliphatic imine (C=N–C) groups is 2. The summed E-state index contributed by atoms with van der Waals surface area (Å²) in [6.07, 6.45) is 13.9. The van der Waals surface area contributed by atoms with Crippen LogP contribution in [-0.2, 0) is 22.7 Å². The molecule has 2 aliphatic heterocycles. The standard InChI is InChI=1S/2C24H26N4O2.CH4.ClH/c2*1-16-19-7-5-6-8-20(19)30-21(16)14-28(4)22(29)10-9-17-11-18-13-27-24(2,3)15-26-23(18)25-12-17;;/h2*5-13H,14-15H2,1-4H3,(H,25,26);1H4;1H/b2*10-9+;;. The Bertz CT molecular complexity index is 2510. The largest absolute Gasteiger partial charge is 0.459 e. The highest BCUT2D eigenvalue weighted by Crippen LogP contribution is 2.28. The molecule has 0 unspecified atom stereocenters. The van der Waals surface area contributed by atoms with Crippen molar-refractivity contribution in [3.63, 3.8) is 0 Å². The number of nitrogens with zero attached hydrogens (tertiary/aromatic N) is 6. The Morgan fingerprint density at radius 3 is 1.45 bits per heavy atom. The van der Waals surface area contributed by atoms with E-state index in [-0.39, 0.29) is 42.7 Å². The molecule has 2 aliphatic rings. The van der Waals surface area contributed by atoms with Crippen LogP contribution < -0.4 is 10.6 Å². The van der Waals surface area contributed by atoms with E-state index in [1.54, 1.807) is 60.6 Å². The highest BCUT2D eigenvalue weighted by Gasteiger charge is 2.21. The van der Waals surface area contributed by atoms with Gasteiger partial charge in [-0.1, -0.05) is 43.8 Å². The number of aryl methyl sites for hydroxylation is 2. The van der Waals surface area contributed by atoms with Crippen LogP contribution in [0.5, 0.6) is 0 Å². The second-order valence-corrected chi connectivity index (χ2v) is 16.6. The lowest BCUT2D eigenvalue weighted by Crippen LogP contribution is -2.26. The third-order valence-corrected chi connectivity index (χ3v) is 10.6. The second kappa shape index (κ2) is 19.5. The molecule has 62 heavy (non-hydrogen) atoms. The Hall–Kier alpha value is -6.53. The molecule has 8 rings (SSSR count). The first-order chi connectivity index (χ1) is 28.6. The molecule has 0 saturated carbocycles. The molecule has 2 N–H and O–H groups in total. The third kappa shape index (κ3) is 11.0. The molecule has 0 spiro atoms. The van der Waals surface area contributed by atoms with E-state index in [9.17, 15) is 9.59 Å². The molecule has 6 heterocycles. The Morgan fingerprint density at radius 2 is 1.06 bits per heavy atom. The normalized spacial score (nSPS) is 14.6. The maximum atomic E-state index is 12.6. The minimum atomic E-state index is -0.176. The summed E-state index contributed by atoms with van der Waals surface area (Å²) in [5, 5.41) is 8.81. The van der Waals surface area contributed by atoms with E-state index in [4.69, 9.17) is 8.83 Å². The fourth-order valence-electron chi connectivity index (χ4n) is 6.78. The van der Waals surface area contributed by atoms with Gasteiger partial charge in [0.25, 0.3) is 0 Å². The number of carbonyl (C=O) groups excluding carboxylic acids is 2. The quantitative estimate of drug-likeness (QED) is 0.144. The summed E-state index contributed by atoms with van der Waals surface area (Å²) in [5.74, 6) is 3.03. The lowest BCUT2D eigenvalue weighted by atomic mass is 10.1. The zero-order valence-electron chi connectivity index (χ0n) is 35.9. The van der Waals surface area contributed by atoms with Crippen molar-refractivity contribution in [2.24, 2.45) is 9.98 Å². The molecule has 2 aromatic carbocycles. The molecule has 0 saturated heterocycles. The molecular weight excluding hydrogens is 800 g/mol. The van der Waals surface area contributed by atoms with Gasteiger partial charge in [-0.3, -0.25) is 19.6 Å². The van der Waals surface area contributed by atoms with Gasteiger partial charge in [-0.2, -0.15) is 0 Å². The molecule has 4 aromatic heterocycles. The van der Waals surface area contributed by atoms with Crippen molar-refractivity contribution in [3.8, 4) is 0 Å². The molecule has 13 heteroatoms. The van der Waals surface area contributed by atoms with Gasteiger partial charge in [-0.15, -0.1) is 12.4 Å². The summed E-state index contributed by atoms with van der Waals surface area (Å²) in [7, 11) is 3.54. The number of fused-ring (bicyclic) bond motifs is 4. The number of halogens is 1. The SMILES string of the molecule is C.Cc1c(CN(C)C(=O)/C=C/c2cnc3c(c2)C=NC(C)(C)CN3)oc2ccccc12.Cc1c(CN(C)C(=O)/C=C/c2cnc3c(c2)C=NC(C)(C)CN3)oc2ccccc12.Cl. The van der Waals surface area contributed by atoms with E-state index in [2.05, 4.69) is 58.3 Å². The van der Waals surface area contributed by atoms with Crippen molar-refractivity contribution in [1.82, 2.24) is 19.8 Å². The Balaban J connectivity index is 0.000000227. The van der Waals surface area contributed by atoms with E-state index in [0.717, 1.165) is 91.6 Å². The number of anilines is 2. The number of hydrogen-bond donors (Lipinski definition) is 2. The van der Waals surface area contributed by atoms with Crippen molar-refractivity contribution >= 4 is 82.4 Å². The molecule has 0 atom stereocenters. The number of likely N-dealkylation sites (N-methyl/N-ethyl adjacent to an activating group) is 2. The lowest BCUT2D eigenvalue weighted by molar-refractivity contribution is -0.126. The van der Waals surface area contributed by atoms with Crippen LogP contribution in [0.2, 0.25) is 0 Å². The van der Waals surface area contributed by atoms with Crippen molar-refractivity contribution in [1.29, 1.82) is 0 Å². The molecule has 0 radical (unpaired) electrons. The summed E-state index contributed by atoms with van der Waals surface area (Å²) in [6, 6.07) is 19.8. The van der Waals surface area contributed by atoms with E-state index in [1.807, 2.05) is 86.9 Å². The van der Waals surface area contributed by atoms with Gasteiger partial charge in [-0.25, -0.2) is 9.97 Å². The van der Waals surface area contributed by atoms with Crippen LogP contribution in [0.3, 0.4) is 0 Å². The molecule has 0 aliphatic carbocycles. The molecule has 324 valence electrons. The number of furan rings is 2. The Kier molecular flexibility index (Phi) is 14.6. The predicted octanol–water partition coefficient (Wildman–Crippen LogP) is 9.92. The minimum Gasteiger partial charge on any atom is -0.459 e. The average Bonchev–Trinajstić information content (AvgIpc) is 3.60. The smallest absolute Gasteiger partial charge is 0.246 e. The van der Waals surface area contributed by atoms with Gasteiger partial charge in [0.1, 0.15) is 34.3 Å². The topological polar surface area (TPSA) is 141 Å². The van der Waals surface area contributed by atoms with E-state index in [0.29, 0.717) is 13.1 Å². The van der Waals surface area contributed by atoms with Gasteiger partial charge in [0.15, 0.2) is 0 Å². The zero-order chi connectivity index (χ0) is 42.6.